The molecule has 1 fully saturated rings. The van der Waals surface area contributed by atoms with E-state index in [1.165, 1.54) is 6.07 Å². The maximum Gasteiger partial charge on any atom is 0.255 e. The summed E-state index contributed by atoms with van der Waals surface area (Å²) < 4.78 is 0.722. The molecule has 1 aromatic rings. The summed E-state index contributed by atoms with van der Waals surface area (Å²) in [6, 6.07) is 4.65. The van der Waals surface area contributed by atoms with Crippen molar-refractivity contribution in [3.63, 3.8) is 0 Å². The molecule has 1 atom stereocenters. The molecule has 1 unspecified atom stereocenters. The molecular weight excluding hydrogens is 300 g/mol. The van der Waals surface area contributed by atoms with Gasteiger partial charge in [-0.1, -0.05) is 15.9 Å². The van der Waals surface area contributed by atoms with Gasteiger partial charge in [-0.25, -0.2) is 0 Å². The minimum atomic E-state index is -0.352. The first-order valence-electron chi connectivity index (χ1n) is 5.62. The summed E-state index contributed by atoms with van der Waals surface area (Å²) in [7, 11) is 0. The molecule has 6 heteroatoms. The van der Waals surface area contributed by atoms with Gasteiger partial charge < -0.3 is 15.7 Å². The molecule has 5 nitrogen and oxygen atoms in total. The van der Waals surface area contributed by atoms with Gasteiger partial charge in [-0.3, -0.25) is 9.59 Å². The minimum Gasteiger partial charge on any atom is -0.507 e. The van der Waals surface area contributed by atoms with E-state index in [1.54, 1.807) is 12.1 Å². The van der Waals surface area contributed by atoms with E-state index < -0.39 is 0 Å². The van der Waals surface area contributed by atoms with E-state index in [2.05, 4.69) is 26.6 Å². The van der Waals surface area contributed by atoms with Gasteiger partial charge in [-0.15, -0.1) is 0 Å². The first kappa shape index (κ1) is 12.9. The normalized spacial score (nSPS) is 18.5. The molecule has 1 saturated heterocycles. The van der Waals surface area contributed by atoms with Crippen LogP contribution >= 0.6 is 15.9 Å². The molecule has 2 rings (SSSR count). The van der Waals surface area contributed by atoms with Crippen molar-refractivity contribution in [1.82, 2.24) is 10.6 Å². The second kappa shape index (κ2) is 5.39. The number of benzene rings is 1. The predicted octanol–water partition coefficient (Wildman–Crippen LogP) is 1.16. The van der Waals surface area contributed by atoms with Crippen molar-refractivity contribution in [3.05, 3.63) is 28.2 Å². The van der Waals surface area contributed by atoms with Gasteiger partial charge in [-0.2, -0.15) is 0 Å². The minimum absolute atomic E-state index is 0.0135. The van der Waals surface area contributed by atoms with E-state index in [0.717, 1.165) is 10.9 Å². The number of hydrogen-bond acceptors (Lipinski definition) is 3. The van der Waals surface area contributed by atoms with Crippen LogP contribution in [0, 0.1) is 0 Å². The Kier molecular flexibility index (Phi) is 3.86. The summed E-state index contributed by atoms with van der Waals surface area (Å²) in [5.74, 6) is -0.402. The fourth-order valence-electron chi connectivity index (χ4n) is 1.83. The highest BCUT2D eigenvalue weighted by atomic mass is 79.9. The number of amides is 2. The largest absolute Gasteiger partial charge is 0.507 e. The number of nitrogens with one attached hydrogen (secondary N) is 2. The van der Waals surface area contributed by atoms with Gasteiger partial charge in [-0.05, 0) is 24.6 Å². The van der Waals surface area contributed by atoms with Crippen LogP contribution in [0.25, 0.3) is 0 Å². The van der Waals surface area contributed by atoms with E-state index in [-0.39, 0.29) is 29.2 Å². The van der Waals surface area contributed by atoms with Gasteiger partial charge in [0.1, 0.15) is 5.75 Å². The Morgan fingerprint density at radius 3 is 3.00 bits per heavy atom. The van der Waals surface area contributed by atoms with Crippen molar-refractivity contribution in [1.29, 1.82) is 0 Å². The molecule has 96 valence electrons. The third-order valence-electron chi connectivity index (χ3n) is 2.80. The number of hydrogen-bond donors (Lipinski definition) is 3. The van der Waals surface area contributed by atoms with E-state index in [4.69, 9.17) is 0 Å². The number of phenolic OH excluding ortho intramolecular Hbond substituents is 1. The summed E-state index contributed by atoms with van der Waals surface area (Å²) in [6.07, 6.45) is 1.23. The Bertz CT molecular complexity index is 490. The van der Waals surface area contributed by atoms with Crippen LogP contribution in [0.5, 0.6) is 5.75 Å². The smallest absolute Gasteiger partial charge is 0.255 e. The molecule has 1 aromatic carbocycles. The third kappa shape index (κ3) is 3.01. The first-order valence-corrected chi connectivity index (χ1v) is 6.41. The quantitative estimate of drug-likeness (QED) is 0.784. The topological polar surface area (TPSA) is 78.4 Å². The van der Waals surface area contributed by atoms with Gasteiger partial charge in [0.2, 0.25) is 5.91 Å². The van der Waals surface area contributed by atoms with Crippen LogP contribution < -0.4 is 10.6 Å². The van der Waals surface area contributed by atoms with Crippen LogP contribution in [0.2, 0.25) is 0 Å². The molecule has 1 aliphatic rings. The summed E-state index contributed by atoms with van der Waals surface area (Å²) in [6.45, 7) is 0.372. The molecule has 0 aliphatic carbocycles. The van der Waals surface area contributed by atoms with E-state index in [0.29, 0.717) is 13.0 Å². The van der Waals surface area contributed by atoms with Gasteiger partial charge >= 0.3 is 0 Å². The molecule has 0 bridgehead atoms. The maximum absolute atomic E-state index is 11.9. The highest BCUT2D eigenvalue weighted by molar-refractivity contribution is 9.10. The second-order valence-electron chi connectivity index (χ2n) is 4.17. The van der Waals surface area contributed by atoms with Crippen molar-refractivity contribution < 1.29 is 14.7 Å². The average Bonchev–Trinajstić information content (AvgIpc) is 2.75. The fourth-order valence-corrected chi connectivity index (χ4v) is 2.19. The van der Waals surface area contributed by atoms with E-state index in [1.807, 2.05) is 0 Å². The molecule has 0 radical (unpaired) electrons. The lowest BCUT2D eigenvalue weighted by Crippen LogP contribution is -2.38. The molecule has 0 aromatic heterocycles. The van der Waals surface area contributed by atoms with Crippen molar-refractivity contribution in [2.45, 2.75) is 18.9 Å². The van der Waals surface area contributed by atoms with Crippen LogP contribution in [0.4, 0.5) is 0 Å². The van der Waals surface area contributed by atoms with Crippen molar-refractivity contribution >= 4 is 27.7 Å². The number of rotatable bonds is 3. The summed E-state index contributed by atoms with van der Waals surface area (Å²) in [5, 5.41) is 15.0. The zero-order chi connectivity index (χ0) is 13.1. The Labute approximate surface area is 113 Å². The zero-order valence-electron chi connectivity index (χ0n) is 9.57. The summed E-state index contributed by atoms with van der Waals surface area (Å²) in [4.78, 5) is 22.8. The van der Waals surface area contributed by atoms with Crippen molar-refractivity contribution in [2.24, 2.45) is 0 Å². The first-order chi connectivity index (χ1) is 8.56. The number of carbonyl (C=O) groups is 2. The Morgan fingerprint density at radius 1 is 1.56 bits per heavy atom. The monoisotopic (exact) mass is 312 g/mol. The van der Waals surface area contributed by atoms with Crippen LogP contribution in [-0.4, -0.2) is 29.5 Å². The predicted molar refractivity (Wildman–Crippen MR) is 69.3 cm³/mol. The molecule has 1 aliphatic heterocycles. The number of halogens is 1. The number of carbonyl (C=O) groups excluding carboxylic acids is 2. The molecular formula is C12H13BrN2O3. The van der Waals surface area contributed by atoms with Crippen LogP contribution in [0.15, 0.2) is 22.7 Å². The van der Waals surface area contributed by atoms with E-state index in [9.17, 15) is 14.7 Å². The molecule has 2 amide bonds. The lowest BCUT2D eigenvalue weighted by atomic mass is 10.1. The molecule has 18 heavy (non-hydrogen) atoms. The van der Waals surface area contributed by atoms with Gasteiger partial charge in [0.25, 0.3) is 5.91 Å². The van der Waals surface area contributed by atoms with Gasteiger partial charge in [0.15, 0.2) is 0 Å². The Balaban J connectivity index is 1.95. The molecule has 0 spiro atoms. The lowest BCUT2D eigenvalue weighted by molar-refractivity contribution is -0.119. The molecule has 1 heterocycles. The zero-order valence-corrected chi connectivity index (χ0v) is 11.2. The Hall–Kier alpha value is -1.56. The van der Waals surface area contributed by atoms with Gasteiger partial charge in [0, 0.05) is 23.5 Å². The van der Waals surface area contributed by atoms with Crippen molar-refractivity contribution in [3.8, 4) is 5.75 Å². The number of phenols is 1. The molecule has 3 N–H and O–H groups in total. The van der Waals surface area contributed by atoms with Crippen LogP contribution in [-0.2, 0) is 4.79 Å². The molecule has 0 saturated carbocycles. The summed E-state index contributed by atoms with van der Waals surface area (Å²) >= 11 is 3.24. The van der Waals surface area contributed by atoms with Crippen molar-refractivity contribution in [2.75, 3.05) is 6.54 Å². The van der Waals surface area contributed by atoms with E-state index >= 15 is 0 Å². The van der Waals surface area contributed by atoms with Crippen LogP contribution in [0.3, 0.4) is 0 Å². The highest BCUT2D eigenvalue weighted by Crippen LogP contribution is 2.21. The third-order valence-corrected chi connectivity index (χ3v) is 3.29. The second-order valence-corrected chi connectivity index (χ2v) is 5.09. The lowest BCUT2D eigenvalue weighted by Gasteiger charge is -2.12. The maximum atomic E-state index is 11.9. The SMILES string of the molecule is O=C1CCC(CNC(=O)c2cc(Br)ccc2O)N1. The Morgan fingerprint density at radius 2 is 2.33 bits per heavy atom. The highest BCUT2D eigenvalue weighted by Gasteiger charge is 2.21. The van der Waals surface area contributed by atoms with Crippen LogP contribution in [0.1, 0.15) is 23.2 Å². The van der Waals surface area contributed by atoms with Gasteiger partial charge in [0.05, 0.1) is 5.56 Å². The average molecular weight is 313 g/mol. The standard InChI is InChI=1S/C12H13BrN2O3/c13-7-1-3-10(16)9(5-7)12(18)14-6-8-2-4-11(17)15-8/h1,3,5,8,16H,2,4,6H2,(H,14,18)(H,15,17). The number of aromatic hydroxyl groups is 1. The fraction of sp³-hybridized carbons (Fsp3) is 0.333. The summed E-state index contributed by atoms with van der Waals surface area (Å²) in [5.41, 5.74) is 0.216.